The first-order valence-corrected chi connectivity index (χ1v) is 5.93. The maximum absolute atomic E-state index is 11.7. The molecule has 3 heteroatoms. The van der Waals surface area contributed by atoms with Crippen molar-refractivity contribution in [2.75, 3.05) is 6.54 Å². The predicted octanol–water partition coefficient (Wildman–Crippen LogP) is 2.32. The Morgan fingerprint density at radius 2 is 2.00 bits per heavy atom. The van der Waals surface area contributed by atoms with Gasteiger partial charge in [-0.3, -0.25) is 4.79 Å². The monoisotopic (exact) mass is 235 g/mol. The van der Waals surface area contributed by atoms with E-state index in [0.29, 0.717) is 6.42 Å². The van der Waals surface area contributed by atoms with Crippen LogP contribution in [0.25, 0.3) is 0 Å². The van der Waals surface area contributed by atoms with Gasteiger partial charge in [-0.2, -0.15) is 0 Å². The fourth-order valence-corrected chi connectivity index (χ4v) is 2.40. The van der Waals surface area contributed by atoms with E-state index in [9.17, 15) is 9.90 Å². The predicted molar refractivity (Wildman–Crippen MR) is 69.0 cm³/mol. The third-order valence-corrected chi connectivity index (χ3v) is 3.18. The molecule has 0 saturated carbocycles. The third-order valence-electron chi connectivity index (χ3n) is 3.18. The summed E-state index contributed by atoms with van der Waals surface area (Å²) in [6.07, 6.45) is 0.559. The number of hydrogen-bond donors (Lipinski definition) is 2. The highest BCUT2D eigenvalue weighted by atomic mass is 16.4. The topological polar surface area (TPSA) is 63.3 Å². The van der Waals surface area contributed by atoms with Crippen LogP contribution in [-0.4, -0.2) is 17.6 Å². The number of aryl methyl sites for hydroxylation is 1. The summed E-state index contributed by atoms with van der Waals surface area (Å²) < 4.78 is 0. The lowest BCUT2D eigenvalue weighted by Gasteiger charge is -2.31. The first-order chi connectivity index (χ1) is 7.94. The van der Waals surface area contributed by atoms with Gasteiger partial charge in [0.25, 0.3) is 0 Å². The van der Waals surface area contributed by atoms with Gasteiger partial charge in [0.2, 0.25) is 0 Å². The van der Waals surface area contributed by atoms with Crippen molar-refractivity contribution in [3.63, 3.8) is 0 Å². The second-order valence-electron chi connectivity index (χ2n) is 5.00. The highest BCUT2D eigenvalue weighted by Crippen LogP contribution is 2.33. The Morgan fingerprint density at radius 1 is 1.41 bits per heavy atom. The molecule has 1 rings (SSSR count). The number of carboxylic acid groups (broad SMARTS) is 1. The number of rotatable bonds is 5. The largest absolute Gasteiger partial charge is 0.481 e. The molecule has 94 valence electrons. The minimum atomic E-state index is -0.959. The lowest BCUT2D eigenvalue weighted by Crippen LogP contribution is -2.44. The molecule has 1 aromatic carbocycles. The molecule has 0 fully saturated rings. The van der Waals surface area contributed by atoms with Crippen molar-refractivity contribution in [3.05, 3.63) is 35.4 Å². The molecule has 0 spiro atoms. The number of nitrogens with two attached hydrogens (primary N) is 1. The second-order valence-corrected chi connectivity index (χ2v) is 5.00. The fraction of sp³-hybridized carbons (Fsp3) is 0.500. The molecule has 0 aliphatic heterocycles. The molecule has 17 heavy (non-hydrogen) atoms. The molecule has 1 aromatic rings. The lowest BCUT2D eigenvalue weighted by atomic mass is 9.73. The van der Waals surface area contributed by atoms with E-state index in [-0.39, 0.29) is 12.5 Å². The minimum Gasteiger partial charge on any atom is -0.481 e. The average molecular weight is 235 g/mol. The van der Waals surface area contributed by atoms with Gasteiger partial charge < -0.3 is 10.8 Å². The zero-order valence-electron chi connectivity index (χ0n) is 10.7. The van der Waals surface area contributed by atoms with Crippen molar-refractivity contribution < 1.29 is 9.90 Å². The van der Waals surface area contributed by atoms with Gasteiger partial charge in [0.15, 0.2) is 0 Å². The van der Waals surface area contributed by atoms with Crippen LogP contribution in [0.3, 0.4) is 0 Å². The summed E-state index contributed by atoms with van der Waals surface area (Å²) in [5, 5.41) is 9.57. The molecule has 0 amide bonds. The Morgan fingerprint density at radius 3 is 2.41 bits per heavy atom. The second kappa shape index (κ2) is 5.32. The van der Waals surface area contributed by atoms with Crippen LogP contribution in [0.4, 0.5) is 0 Å². The van der Waals surface area contributed by atoms with Gasteiger partial charge in [-0.15, -0.1) is 0 Å². The molecule has 0 aliphatic rings. The maximum atomic E-state index is 11.7. The van der Waals surface area contributed by atoms with Crippen LogP contribution in [0.1, 0.15) is 31.4 Å². The lowest BCUT2D eigenvalue weighted by molar-refractivity contribution is -0.144. The zero-order chi connectivity index (χ0) is 13.1. The highest BCUT2D eigenvalue weighted by Gasteiger charge is 2.40. The molecule has 3 nitrogen and oxygen atoms in total. The summed E-state index contributed by atoms with van der Waals surface area (Å²) >= 11 is 0. The Bertz CT molecular complexity index is 401. The molecule has 1 unspecified atom stereocenters. The summed E-state index contributed by atoms with van der Waals surface area (Å²) in [5.74, 6) is -0.544. The Labute approximate surface area is 103 Å². The van der Waals surface area contributed by atoms with Crippen molar-refractivity contribution in [2.24, 2.45) is 11.7 Å². The van der Waals surface area contributed by atoms with Crippen molar-refractivity contribution in [1.29, 1.82) is 0 Å². The first-order valence-electron chi connectivity index (χ1n) is 5.93. The van der Waals surface area contributed by atoms with Crippen LogP contribution < -0.4 is 5.73 Å². The molecule has 3 N–H and O–H groups in total. The van der Waals surface area contributed by atoms with E-state index < -0.39 is 11.4 Å². The quantitative estimate of drug-likeness (QED) is 0.823. The molecular formula is C14H21NO2. The van der Waals surface area contributed by atoms with Crippen LogP contribution in [0.15, 0.2) is 24.3 Å². The summed E-state index contributed by atoms with van der Waals surface area (Å²) in [7, 11) is 0. The zero-order valence-corrected chi connectivity index (χ0v) is 10.7. The van der Waals surface area contributed by atoms with E-state index in [1.807, 2.05) is 45.0 Å². The minimum absolute atomic E-state index is 0.130. The summed E-state index contributed by atoms with van der Waals surface area (Å²) in [4.78, 5) is 11.7. The van der Waals surface area contributed by atoms with Crippen molar-refractivity contribution in [1.82, 2.24) is 0 Å². The number of hydrogen-bond acceptors (Lipinski definition) is 2. The van der Waals surface area contributed by atoms with E-state index in [4.69, 9.17) is 5.73 Å². The normalized spacial score (nSPS) is 14.6. The Hall–Kier alpha value is -1.35. The number of benzene rings is 1. The Balaban J connectivity index is 3.32. The molecule has 1 atom stereocenters. The van der Waals surface area contributed by atoms with Gasteiger partial charge in [-0.25, -0.2) is 0 Å². The van der Waals surface area contributed by atoms with Crippen molar-refractivity contribution >= 4 is 5.97 Å². The van der Waals surface area contributed by atoms with E-state index in [1.54, 1.807) is 0 Å². The van der Waals surface area contributed by atoms with Gasteiger partial charge in [0.1, 0.15) is 5.41 Å². The first kappa shape index (κ1) is 13.7. The van der Waals surface area contributed by atoms with Crippen LogP contribution >= 0.6 is 0 Å². The fourth-order valence-electron chi connectivity index (χ4n) is 2.40. The average Bonchev–Trinajstić information content (AvgIpc) is 2.26. The van der Waals surface area contributed by atoms with Gasteiger partial charge in [0.05, 0.1) is 0 Å². The molecule has 0 aliphatic carbocycles. The van der Waals surface area contributed by atoms with Gasteiger partial charge >= 0.3 is 5.97 Å². The molecule has 0 saturated heterocycles. The van der Waals surface area contributed by atoms with Crippen LogP contribution in [0.2, 0.25) is 0 Å². The van der Waals surface area contributed by atoms with Gasteiger partial charge in [0, 0.05) is 6.54 Å². The number of carbonyl (C=O) groups is 1. The van der Waals surface area contributed by atoms with Crippen LogP contribution in [0.5, 0.6) is 0 Å². The number of carboxylic acids is 1. The molecule has 0 radical (unpaired) electrons. The molecular weight excluding hydrogens is 214 g/mol. The van der Waals surface area contributed by atoms with E-state index in [2.05, 4.69) is 0 Å². The molecule has 0 aromatic heterocycles. The molecule has 0 heterocycles. The van der Waals surface area contributed by atoms with E-state index in [1.165, 1.54) is 0 Å². The molecule has 0 bridgehead atoms. The standard InChI is InChI=1S/C14H21NO2/c1-10(2)8-14(9-15,13(16)17)12-7-5-4-6-11(12)3/h4-7,10H,8-9,15H2,1-3H3,(H,16,17). The van der Waals surface area contributed by atoms with E-state index >= 15 is 0 Å². The van der Waals surface area contributed by atoms with E-state index in [0.717, 1.165) is 11.1 Å². The summed E-state index contributed by atoms with van der Waals surface area (Å²) in [6, 6.07) is 7.59. The van der Waals surface area contributed by atoms with Crippen molar-refractivity contribution in [3.8, 4) is 0 Å². The maximum Gasteiger partial charge on any atom is 0.315 e. The van der Waals surface area contributed by atoms with Crippen molar-refractivity contribution in [2.45, 2.75) is 32.6 Å². The van der Waals surface area contributed by atoms with Gasteiger partial charge in [-0.1, -0.05) is 38.1 Å². The van der Waals surface area contributed by atoms with Crippen LogP contribution in [-0.2, 0) is 10.2 Å². The SMILES string of the molecule is Cc1ccccc1C(CN)(CC(C)C)C(=O)O. The summed E-state index contributed by atoms with van der Waals surface area (Å²) in [6.45, 7) is 6.10. The smallest absolute Gasteiger partial charge is 0.315 e. The third kappa shape index (κ3) is 2.67. The van der Waals surface area contributed by atoms with Crippen LogP contribution in [0, 0.1) is 12.8 Å². The Kier molecular flexibility index (Phi) is 4.29. The summed E-state index contributed by atoms with van der Waals surface area (Å²) in [5.41, 5.74) is 6.64. The number of aliphatic carboxylic acids is 1. The highest BCUT2D eigenvalue weighted by molar-refractivity contribution is 5.82. The van der Waals surface area contributed by atoms with Gasteiger partial charge in [-0.05, 0) is 30.4 Å².